The second-order valence-corrected chi connectivity index (χ2v) is 6.76. The maximum absolute atomic E-state index is 4.70. The summed E-state index contributed by atoms with van der Waals surface area (Å²) in [6.07, 6.45) is 5.96. The first-order valence-electron chi connectivity index (χ1n) is 8.82. The van der Waals surface area contributed by atoms with Gasteiger partial charge in [0.1, 0.15) is 0 Å². The Bertz CT molecular complexity index is 751. The van der Waals surface area contributed by atoms with Crippen molar-refractivity contribution in [3.8, 4) is 11.1 Å². The van der Waals surface area contributed by atoms with E-state index in [4.69, 9.17) is 4.99 Å². The van der Waals surface area contributed by atoms with Crippen LogP contribution < -0.4 is 5.32 Å². The SMILES string of the molecule is CC(NC1=NCCCCC1)c1ccc2c(c1)Cc1ccccc1-2.Cl. The zero-order chi connectivity index (χ0) is 15.6. The lowest BCUT2D eigenvalue weighted by molar-refractivity contribution is 0.693. The Hall–Kier alpha value is -1.80. The summed E-state index contributed by atoms with van der Waals surface area (Å²) in [6.45, 7) is 3.23. The van der Waals surface area contributed by atoms with Gasteiger partial charge in [0.25, 0.3) is 0 Å². The summed E-state index contributed by atoms with van der Waals surface area (Å²) in [4.78, 5) is 4.70. The van der Waals surface area contributed by atoms with Gasteiger partial charge >= 0.3 is 0 Å². The van der Waals surface area contributed by atoms with Gasteiger partial charge in [-0.15, -0.1) is 12.4 Å². The van der Waals surface area contributed by atoms with E-state index in [2.05, 4.69) is 54.7 Å². The van der Waals surface area contributed by atoms with Crippen LogP contribution in [-0.4, -0.2) is 12.4 Å². The van der Waals surface area contributed by atoms with Crippen molar-refractivity contribution in [2.75, 3.05) is 6.54 Å². The van der Waals surface area contributed by atoms with E-state index in [1.807, 2.05) is 0 Å². The van der Waals surface area contributed by atoms with Crippen molar-refractivity contribution in [1.29, 1.82) is 0 Å². The smallest absolute Gasteiger partial charge is 0.0967 e. The largest absolute Gasteiger partial charge is 0.367 e. The first-order chi connectivity index (χ1) is 11.3. The molecule has 126 valence electrons. The Balaban J connectivity index is 0.00000169. The van der Waals surface area contributed by atoms with E-state index in [0.29, 0.717) is 6.04 Å². The monoisotopic (exact) mass is 340 g/mol. The number of halogens is 1. The highest BCUT2D eigenvalue weighted by atomic mass is 35.5. The van der Waals surface area contributed by atoms with Crippen LogP contribution in [0.15, 0.2) is 47.5 Å². The van der Waals surface area contributed by atoms with E-state index in [1.165, 1.54) is 52.9 Å². The molecular formula is C21H25ClN2. The predicted octanol–water partition coefficient (Wildman–Crippen LogP) is 5.30. The molecule has 2 aromatic carbocycles. The Morgan fingerprint density at radius 3 is 2.71 bits per heavy atom. The number of fused-ring (bicyclic) bond motifs is 3. The molecule has 2 aromatic rings. The highest BCUT2D eigenvalue weighted by Crippen LogP contribution is 2.37. The summed E-state index contributed by atoms with van der Waals surface area (Å²) in [6, 6.07) is 16.0. The van der Waals surface area contributed by atoms with Crippen molar-refractivity contribution in [2.24, 2.45) is 4.99 Å². The number of rotatable bonds is 2. The molecule has 1 unspecified atom stereocenters. The van der Waals surface area contributed by atoms with Crippen molar-refractivity contribution in [1.82, 2.24) is 5.32 Å². The number of nitrogens with zero attached hydrogens (tertiary/aromatic N) is 1. The Kier molecular flexibility index (Phi) is 5.25. The third-order valence-electron chi connectivity index (χ3n) is 5.08. The van der Waals surface area contributed by atoms with Gasteiger partial charge in [0.2, 0.25) is 0 Å². The van der Waals surface area contributed by atoms with Crippen LogP contribution in [-0.2, 0) is 6.42 Å². The van der Waals surface area contributed by atoms with Gasteiger partial charge in [0.15, 0.2) is 0 Å². The van der Waals surface area contributed by atoms with Crippen LogP contribution in [0.25, 0.3) is 11.1 Å². The Morgan fingerprint density at radius 2 is 1.79 bits per heavy atom. The minimum Gasteiger partial charge on any atom is -0.367 e. The molecule has 2 nitrogen and oxygen atoms in total. The molecule has 0 amide bonds. The quantitative estimate of drug-likeness (QED) is 0.672. The number of aliphatic imine (C=N–C) groups is 1. The second-order valence-electron chi connectivity index (χ2n) is 6.76. The van der Waals surface area contributed by atoms with Crippen LogP contribution >= 0.6 is 12.4 Å². The number of hydrogen-bond acceptors (Lipinski definition) is 2. The molecule has 1 heterocycles. The normalized spacial score (nSPS) is 17.0. The molecule has 0 spiro atoms. The molecule has 24 heavy (non-hydrogen) atoms. The first kappa shape index (κ1) is 17.0. The van der Waals surface area contributed by atoms with E-state index in [1.54, 1.807) is 0 Å². The van der Waals surface area contributed by atoms with E-state index in [-0.39, 0.29) is 12.4 Å². The molecular weight excluding hydrogens is 316 g/mol. The molecule has 0 saturated carbocycles. The first-order valence-corrected chi connectivity index (χ1v) is 8.82. The molecule has 4 rings (SSSR count). The standard InChI is InChI=1S/C21H24N2.ClH/c1-15(23-21-9-3-2-6-12-22-21)16-10-11-20-18(13-16)14-17-7-4-5-8-19(17)20;/h4-5,7-8,10-11,13,15H,2-3,6,9,12,14H2,1H3,(H,22,23);1H. The number of benzene rings is 2. The minimum absolute atomic E-state index is 0. The third-order valence-corrected chi connectivity index (χ3v) is 5.08. The Labute approximate surface area is 150 Å². The zero-order valence-electron chi connectivity index (χ0n) is 14.2. The molecule has 0 saturated heterocycles. The average Bonchev–Trinajstić information content (AvgIpc) is 2.74. The zero-order valence-corrected chi connectivity index (χ0v) is 15.0. The van der Waals surface area contributed by atoms with Crippen LogP contribution in [0.2, 0.25) is 0 Å². The van der Waals surface area contributed by atoms with Crippen molar-refractivity contribution in [2.45, 2.75) is 45.1 Å². The molecule has 0 radical (unpaired) electrons. The number of amidine groups is 1. The van der Waals surface area contributed by atoms with Gasteiger partial charge in [0, 0.05) is 19.0 Å². The summed E-state index contributed by atoms with van der Waals surface area (Å²) >= 11 is 0. The van der Waals surface area contributed by atoms with E-state index in [0.717, 1.165) is 19.4 Å². The molecule has 0 aromatic heterocycles. The van der Waals surface area contributed by atoms with Crippen LogP contribution in [0.5, 0.6) is 0 Å². The molecule has 2 aliphatic rings. The number of nitrogens with one attached hydrogen (secondary N) is 1. The summed E-state index contributed by atoms with van der Waals surface area (Å²) in [5, 5.41) is 3.64. The maximum Gasteiger partial charge on any atom is 0.0967 e. The molecule has 1 aliphatic heterocycles. The van der Waals surface area contributed by atoms with E-state index in [9.17, 15) is 0 Å². The second kappa shape index (κ2) is 7.40. The highest BCUT2D eigenvalue weighted by molar-refractivity contribution is 5.85. The van der Waals surface area contributed by atoms with Crippen molar-refractivity contribution in [3.63, 3.8) is 0 Å². The predicted molar refractivity (Wildman–Crippen MR) is 104 cm³/mol. The van der Waals surface area contributed by atoms with Crippen LogP contribution in [0.4, 0.5) is 0 Å². The lowest BCUT2D eigenvalue weighted by Crippen LogP contribution is -2.26. The van der Waals surface area contributed by atoms with Gasteiger partial charge in [-0.05, 0) is 54.0 Å². The molecule has 0 fully saturated rings. The molecule has 1 aliphatic carbocycles. The van der Waals surface area contributed by atoms with E-state index >= 15 is 0 Å². The molecule has 3 heteroatoms. The summed E-state index contributed by atoms with van der Waals surface area (Å²) in [5.41, 5.74) is 7.09. The van der Waals surface area contributed by atoms with Crippen LogP contribution in [0.3, 0.4) is 0 Å². The minimum atomic E-state index is 0. The van der Waals surface area contributed by atoms with Gasteiger partial charge in [0.05, 0.1) is 5.84 Å². The Morgan fingerprint density at radius 1 is 0.958 bits per heavy atom. The summed E-state index contributed by atoms with van der Waals surface area (Å²) in [7, 11) is 0. The molecule has 1 atom stereocenters. The highest BCUT2D eigenvalue weighted by Gasteiger charge is 2.19. The van der Waals surface area contributed by atoms with Gasteiger partial charge in [-0.1, -0.05) is 48.9 Å². The molecule has 0 bridgehead atoms. The van der Waals surface area contributed by atoms with Gasteiger partial charge in [-0.25, -0.2) is 0 Å². The van der Waals surface area contributed by atoms with Crippen LogP contribution in [0.1, 0.15) is 55.3 Å². The lowest BCUT2D eigenvalue weighted by Gasteiger charge is -2.18. The lowest BCUT2D eigenvalue weighted by atomic mass is 10.00. The van der Waals surface area contributed by atoms with Crippen molar-refractivity contribution < 1.29 is 0 Å². The van der Waals surface area contributed by atoms with Crippen molar-refractivity contribution >= 4 is 18.2 Å². The molecule has 1 N–H and O–H groups in total. The number of hydrogen-bond donors (Lipinski definition) is 1. The fourth-order valence-electron chi connectivity index (χ4n) is 3.76. The average molecular weight is 341 g/mol. The van der Waals surface area contributed by atoms with Crippen LogP contribution in [0, 0.1) is 0 Å². The van der Waals surface area contributed by atoms with Gasteiger partial charge in [-0.3, -0.25) is 4.99 Å². The topological polar surface area (TPSA) is 24.4 Å². The summed E-state index contributed by atoms with van der Waals surface area (Å²) in [5.74, 6) is 1.19. The fraction of sp³-hybridized carbons (Fsp3) is 0.381. The van der Waals surface area contributed by atoms with Gasteiger partial charge in [-0.2, -0.15) is 0 Å². The third kappa shape index (κ3) is 3.34. The maximum atomic E-state index is 4.70. The van der Waals surface area contributed by atoms with Crippen molar-refractivity contribution in [3.05, 3.63) is 59.2 Å². The van der Waals surface area contributed by atoms with Gasteiger partial charge < -0.3 is 5.32 Å². The fourth-order valence-corrected chi connectivity index (χ4v) is 3.76. The summed E-state index contributed by atoms with van der Waals surface area (Å²) < 4.78 is 0. The van der Waals surface area contributed by atoms with E-state index < -0.39 is 0 Å².